The highest BCUT2D eigenvalue weighted by Crippen LogP contribution is 2.57. The highest BCUT2D eigenvalue weighted by atomic mass is 31.2. The fourth-order valence-corrected chi connectivity index (χ4v) is 3.39. The Bertz CT molecular complexity index is 643. The van der Waals surface area contributed by atoms with Crippen LogP contribution in [0.4, 0.5) is 52.7 Å². The van der Waals surface area contributed by atoms with Crippen molar-refractivity contribution in [3.63, 3.8) is 0 Å². The number of rotatable bonds is 9. The molecule has 0 fully saturated rings. The molecule has 16 heteroatoms. The van der Waals surface area contributed by atoms with Crippen LogP contribution in [0.3, 0.4) is 0 Å². The minimum Gasteiger partial charge on any atom is -0.231 e. The van der Waals surface area contributed by atoms with Gasteiger partial charge in [-0.05, 0) is 12.1 Å². The molecule has 0 saturated carbocycles. The maximum Gasteiger partial charge on any atom is 0.446 e. The summed E-state index contributed by atoms with van der Waals surface area (Å²) in [5.74, 6) is -10.7. The molecule has 174 valence electrons. The average Bonchev–Trinajstić information content (AvgIpc) is 2.63. The van der Waals surface area contributed by atoms with Crippen molar-refractivity contribution in [1.82, 2.24) is 0 Å². The van der Waals surface area contributed by atoms with Gasteiger partial charge in [0.2, 0.25) is 0 Å². The number of hydrogen-bond acceptors (Lipinski definition) is 3. The molecule has 30 heavy (non-hydrogen) atoms. The Morgan fingerprint density at radius 3 is 1.33 bits per heavy atom. The van der Waals surface area contributed by atoms with Gasteiger partial charge in [0.05, 0.1) is 0 Å². The second-order valence-electron chi connectivity index (χ2n) is 5.73. The Morgan fingerprint density at radius 1 is 0.700 bits per heavy atom. The minimum absolute atomic E-state index is 0.735. The van der Waals surface area contributed by atoms with Gasteiger partial charge in [-0.15, -0.1) is 0 Å². The lowest BCUT2D eigenvalue weighted by Crippen LogP contribution is -2.46. The van der Waals surface area contributed by atoms with E-state index >= 15 is 0 Å². The van der Waals surface area contributed by atoms with Gasteiger partial charge in [-0.25, -0.2) is 26.3 Å². The Hall–Kier alpha value is -1.31. The fraction of sp³-hybridized carbons (Fsp3) is 0.571. The maximum atomic E-state index is 13.4. The molecule has 1 aromatic rings. The summed E-state index contributed by atoms with van der Waals surface area (Å²) in [5, 5.41) is -0.735. The second kappa shape index (κ2) is 9.05. The van der Waals surface area contributed by atoms with Gasteiger partial charge in [0.15, 0.2) is 18.5 Å². The van der Waals surface area contributed by atoms with Gasteiger partial charge in [0, 0.05) is 0 Å². The molecule has 0 radical (unpaired) electrons. The van der Waals surface area contributed by atoms with Gasteiger partial charge in [-0.2, -0.15) is 40.3 Å². The third-order valence-corrected chi connectivity index (χ3v) is 5.17. The normalized spacial score (nSPS) is 18.0. The molecule has 0 bridgehead atoms. The third kappa shape index (κ3) is 6.86. The van der Waals surface area contributed by atoms with E-state index in [-0.39, 0.29) is 0 Å². The SMILES string of the molecule is O[P+](OCC(F)(F)C(F)C(F)(F)F)(OCC(F)(F)C(F)C(F)(F)F)c1ccccc1. The highest BCUT2D eigenvalue weighted by Gasteiger charge is 2.62. The molecule has 0 aliphatic rings. The zero-order valence-electron chi connectivity index (χ0n) is 14.2. The molecule has 1 rings (SSSR count). The van der Waals surface area contributed by atoms with E-state index in [1.54, 1.807) is 0 Å². The number of halogens is 12. The molecule has 1 N–H and O–H groups in total. The number of hydrogen-bond donors (Lipinski definition) is 1. The van der Waals surface area contributed by atoms with Crippen LogP contribution in [-0.2, 0) is 9.05 Å². The molecular formula is C14H12F12O3P+. The first-order valence-electron chi connectivity index (χ1n) is 7.46. The summed E-state index contributed by atoms with van der Waals surface area (Å²) in [6.45, 7) is -5.09. The van der Waals surface area contributed by atoms with Crippen LogP contribution in [0.25, 0.3) is 0 Å². The molecule has 0 amide bonds. The van der Waals surface area contributed by atoms with Crippen LogP contribution >= 0.6 is 7.94 Å². The third-order valence-electron chi connectivity index (χ3n) is 3.26. The lowest BCUT2D eigenvalue weighted by molar-refractivity contribution is -0.253. The standard InChI is InChI=1S/C14H12F12O3P/c15-9(13(21,22)23)11(17,18)6-28-30(27,8-4-2-1-3-5-8)29-7-12(19,20)10(16)14(24,25)26/h1-5,9-10,27H,6-7H2/q+1. The van der Waals surface area contributed by atoms with E-state index in [4.69, 9.17) is 0 Å². The molecule has 0 saturated heterocycles. The largest absolute Gasteiger partial charge is 0.446 e. The van der Waals surface area contributed by atoms with Crippen molar-refractivity contribution >= 4 is 13.2 Å². The van der Waals surface area contributed by atoms with Crippen molar-refractivity contribution < 1.29 is 66.6 Å². The van der Waals surface area contributed by atoms with Crippen LogP contribution in [0.15, 0.2) is 30.3 Å². The number of benzene rings is 1. The lowest BCUT2D eigenvalue weighted by Gasteiger charge is -2.26. The Labute approximate surface area is 161 Å². The van der Waals surface area contributed by atoms with Crippen LogP contribution in [0.1, 0.15) is 0 Å². The first-order valence-corrected chi connectivity index (χ1v) is 9.04. The molecule has 0 heterocycles. The molecule has 0 aromatic heterocycles. The maximum absolute atomic E-state index is 13.4. The van der Waals surface area contributed by atoms with Crippen LogP contribution in [0.5, 0.6) is 0 Å². The van der Waals surface area contributed by atoms with Gasteiger partial charge >= 0.3 is 32.1 Å². The zero-order chi connectivity index (χ0) is 23.6. The Morgan fingerprint density at radius 2 is 1.03 bits per heavy atom. The average molecular weight is 487 g/mol. The smallest absolute Gasteiger partial charge is 0.231 e. The topological polar surface area (TPSA) is 38.7 Å². The van der Waals surface area contributed by atoms with Gasteiger partial charge in [-0.1, -0.05) is 18.2 Å². The monoisotopic (exact) mass is 487 g/mol. The van der Waals surface area contributed by atoms with E-state index in [9.17, 15) is 57.6 Å². The van der Waals surface area contributed by atoms with E-state index in [0.29, 0.717) is 0 Å². The molecule has 0 aliphatic carbocycles. The fourth-order valence-electron chi connectivity index (χ4n) is 1.78. The molecule has 0 aliphatic heterocycles. The van der Waals surface area contributed by atoms with Crippen LogP contribution in [0.2, 0.25) is 0 Å². The molecule has 3 nitrogen and oxygen atoms in total. The van der Waals surface area contributed by atoms with E-state index in [1.165, 1.54) is 6.07 Å². The molecule has 2 unspecified atom stereocenters. The molecule has 2 atom stereocenters. The lowest BCUT2D eigenvalue weighted by atomic mass is 10.2. The van der Waals surface area contributed by atoms with E-state index in [1.807, 2.05) is 0 Å². The van der Waals surface area contributed by atoms with Gasteiger partial charge in [0.25, 0.3) is 12.3 Å². The Balaban J connectivity index is 3.09. The molecular weight excluding hydrogens is 475 g/mol. The van der Waals surface area contributed by atoms with Crippen LogP contribution in [0, 0.1) is 0 Å². The first-order chi connectivity index (χ1) is 13.3. The summed E-state index contributed by atoms with van der Waals surface area (Å²) < 4.78 is 160. The van der Waals surface area contributed by atoms with Gasteiger partial charge < -0.3 is 0 Å². The summed E-state index contributed by atoms with van der Waals surface area (Å²) in [6.07, 6.45) is -21.7. The predicted molar refractivity (Wildman–Crippen MR) is 78.9 cm³/mol. The van der Waals surface area contributed by atoms with Crippen molar-refractivity contribution in [2.24, 2.45) is 0 Å². The summed E-state index contributed by atoms with van der Waals surface area (Å²) in [6, 6.07) is 4.91. The van der Waals surface area contributed by atoms with E-state index in [2.05, 4.69) is 9.05 Å². The summed E-state index contributed by atoms with van der Waals surface area (Å²) in [4.78, 5) is 10.2. The van der Waals surface area contributed by atoms with Crippen LogP contribution < -0.4 is 5.30 Å². The van der Waals surface area contributed by atoms with Crippen molar-refractivity contribution in [2.75, 3.05) is 13.2 Å². The molecule has 1 aromatic carbocycles. The predicted octanol–water partition coefficient (Wildman–Crippen LogP) is 5.17. The van der Waals surface area contributed by atoms with Gasteiger partial charge in [-0.3, -0.25) is 0 Å². The van der Waals surface area contributed by atoms with Gasteiger partial charge in [0.1, 0.15) is 0 Å². The van der Waals surface area contributed by atoms with Crippen molar-refractivity contribution in [3.05, 3.63) is 30.3 Å². The summed E-state index contributed by atoms with van der Waals surface area (Å²) >= 11 is 0. The van der Waals surface area contributed by atoms with Crippen molar-refractivity contribution in [1.29, 1.82) is 0 Å². The zero-order valence-corrected chi connectivity index (χ0v) is 15.1. The second-order valence-corrected chi connectivity index (χ2v) is 7.81. The van der Waals surface area contributed by atoms with Crippen molar-refractivity contribution in [2.45, 2.75) is 36.5 Å². The summed E-state index contributed by atoms with van der Waals surface area (Å²) in [7, 11) is -5.23. The first kappa shape index (κ1) is 26.7. The molecule has 0 spiro atoms. The quantitative estimate of drug-likeness (QED) is 0.386. The van der Waals surface area contributed by atoms with Crippen LogP contribution in [-0.4, -0.2) is 54.6 Å². The Kier molecular flexibility index (Phi) is 8.06. The van der Waals surface area contributed by atoms with Crippen molar-refractivity contribution in [3.8, 4) is 0 Å². The minimum atomic E-state index is -6.06. The summed E-state index contributed by atoms with van der Waals surface area (Å²) in [5.41, 5.74) is 0. The number of alkyl halides is 12. The van der Waals surface area contributed by atoms with E-state index < -0.39 is 63.0 Å². The highest BCUT2D eigenvalue weighted by molar-refractivity contribution is 7.68. The van der Waals surface area contributed by atoms with E-state index in [0.717, 1.165) is 24.3 Å².